The summed E-state index contributed by atoms with van der Waals surface area (Å²) in [5, 5.41) is 3.24. The van der Waals surface area contributed by atoms with Crippen molar-refractivity contribution in [2.24, 2.45) is 0 Å². The number of hydrogen-bond acceptors (Lipinski definition) is 4. The molecular weight excluding hydrogens is 461 g/mol. The lowest BCUT2D eigenvalue weighted by molar-refractivity contribution is -0.124. The molecule has 4 rings (SSSR count). The summed E-state index contributed by atoms with van der Waals surface area (Å²) in [5.41, 5.74) is 1.51. The van der Waals surface area contributed by atoms with Gasteiger partial charge in [0.1, 0.15) is 17.6 Å². The number of benzene rings is 3. The fourth-order valence-electron chi connectivity index (χ4n) is 3.69. The number of urea groups is 1. The minimum Gasteiger partial charge on any atom is -0.497 e. The van der Waals surface area contributed by atoms with Gasteiger partial charge in [0.15, 0.2) is 0 Å². The highest BCUT2D eigenvalue weighted by Gasteiger charge is 2.46. The second-order valence-electron chi connectivity index (χ2n) is 7.68. The predicted molar refractivity (Wildman–Crippen MR) is 126 cm³/mol. The Labute approximate surface area is 200 Å². The van der Waals surface area contributed by atoms with Crippen molar-refractivity contribution in [3.63, 3.8) is 0 Å². The minimum atomic E-state index is -1.04. The van der Waals surface area contributed by atoms with Gasteiger partial charge in [-0.1, -0.05) is 23.7 Å². The molecule has 4 amide bonds. The van der Waals surface area contributed by atoms with Crippen LogP contribution in [0.5, 0.6) is 5.75 Å². The number of halogens is 2. The van der Waals surface area contributed by atoms with Crippen molar-refractivity contribution in [3.8, 4) is 5.75 Å². The van der Waals surface area contributed by atoms with Crippen LogP contribution in [0.1, 0.15) is 12.0 Å². The summed E-state index contributed by atoms with van der Waals surface area (Å²) in [5.74, 6) is -0.832. The van der Waals surface area contributed by atoms with Gasteiger partial charge in [-0.15, -0.1) is 0 Å². The summed E-state index contributed by atoms with van der Waals surface area (Å²) >= 11 is 5.88. The van der Waals surface area contributed by atoms with Gasteiger partial charge >= 0.3 is 6.03 Å². The molecule has 0 spiro atoms. The molecule has 1 aliphatic heterocycles. The smallest absolute Gasteiger partial charge is 0.332 e. The molecule has 34 heavy (non-hydrogen) atoms. The van der Waals surface area contributed by atoms with E-state index in [0.717, 1.165) is 10.5 Å². The molecular formula is C25H21ClFN3O4. The van der Waals surface area contributed by atoms with Crippen LogP contribution in [0.25, 0.3) is 0 Å². The number of ether oxygens (including phenoxy) is 1. The number of carbonyl (C=O) groups excluding carboxylic acids is 3. The van der Waals surface area contributed by atoms with E-state index in [0.29, 0.717) is 16.5 Å². The molecule has 0 unspecified atom stereocenters. The van der Waals surface area contributed by atoms with E-state index in [1.54, 1.807) is 55.6 Å². The van der Waals surface area contributed by atoms with Gasteiger partial charge in [-0.2, -0.15) is 0 Å². The Hall–Kier alpha value is -3.91. The molecule has 0 bridgehead atoms. The maximum absolute atomic E-state index is 13.4. The Morgan fingerprint density at radius 3 is 2.26 bits per heavy atom. The normalized spacial score (nSPS) is 15.6. The van der Waals surface area contributed by atoms with Gasteiger partial charge in [0.25, 0.3) is 5.91 Å². The monoisotopic (exact) mass is 481 g/mol. The third-order valence-corrected chi connectivity index (χ3v) is 5.67. The molecule has 3 aromatic rings. The number of rotatable bonds is 7. The van der Waals surface area contributed by atoms with Crippen LogP contribution in [0.2, 0.25) is 5.02 Å². The zero-order valence-electron chi connectivity index (χ0n) is 18.2. The molecule has 1 atom stereocenters. The molecule has 3 aromatic carbocycles. The van der Waals surface area contributed by atoms with Crippen LogP contribution in [0.3, 0.4) is 0 Å². The number of imide groups is 1. The number of methoxy groups -OCH3 is 1. The second kappa shape index (κ2) is 9.93. The number of carbonyl (C=O) groups is 3. The van der Waals surface area contributed by atoms with Crippen LogP contribution in [-0.4, -0.2) is 35.9 Å². The third-order valence-electron chi connectivity index (χ3n) is 5.42. The zero-order valence-corrected chi connectivity index (χ0v) is 19.0. The van der Waals surface area contributed by atoms with Crippen molar-refractivity contribution in [2.75, 3.05) is 17.3 Å². The zero-order chi connectivity index (χ0) is 24.2. The number of nitrogens with zero attached hydrogens (tertiary/aromatic N) is 2. The SMILES string of the molecule is COc1ccc(CN2C(=O)N(c3ccc(F)cc3)C(=O)[C@@H]2CC(=O)Nc2ccc(Cl)cc2)cc1. The number of hydrogen-bond donors (Lipinski definition) is 1. The van der Waals surface area contributed by atoms with Crippen molar-refractivity contribution in [1.29, 1.82) is 0 Å². The van der Waals surface area contributed by atoms with E-state index in [2.05, 4.69) is 5.32 Å². The summed E-state index contributed by atoms with van der Waals surface area (Å²) in [7, 11) is 1.55. The van der Waals surface area contributed by atoms with E-state index in [-0.39, 0.29) is 18.7 Å². The fraction of sp³-hybridized carbons (Fsp3) is 0.160. The molecule has 1 N–H and O–H groups in total. The molecule has 0 saturated carbocycles. The first-order chi connectivity index (χ1) is 16.4. The largest absolute Gasteiger partial charge is 0.497 e. The minimum absolute atomic E-state index is 0.102. The summed E-state index contributed by atoms with van der Waals surface area (Å²) in [4.78, 5) is 41.6. The Kier molecular flexibility index (Phi) is 6.79. The van der Waals surface area contributed by atoms with Crippen LogP contribution < -0.4 is 15.0 Å². The lowest BCUT2D eigenvalue weighted by Gasteiger charge is -2.22. The van der Waals surface area contributed by atoms with Crippen LogP contribution in [0.4, 0.5) is 20.6 Å². The average Bonchev–Trinajstić information content (AvgIpc) is 3.05. The highest BCUT2D eigenvalue weighted by Crippen LogP contribution is 2.29. The average molecular weight is 482 g/mol. The molecule has 1 fully saturated rings. The Morgan fingerprint density at radius 2 is 1.65 bits per heavy atom. The van der Waals surface area contributed by atoms with Gasteiger partial charge in [-0.05, 0) is 66.2 Å². The van der Waals surface area contributed by atoms with Crippen LogP contribution in [0.15, 0.2) is 72.8 Å². The maximum atomic E-state index is 13.4. The van der Waals surface area contributed by atoms with Crippen LogP contribution in [0, 0.1) is 5.82 Å². The summed E-state index contributed by atoms with van der Waals surface area (Å²) in [6, 6.07) is 17.0. The van der Waals surface area contributed by atoms with E-state index in [1.807, 2.05) is 0 Å². The lowest BCUT2D eigenvalue weighted by atomic mass is 10.1. The Balaban J connectivity index is 1.59. The van der Waals surface area contributed by atoms with Gasteiger partial charge in [-0.3, -0.25) is 9.59 Å². The molecule has 0 aliphatic carbocycles. The Morgan fingerprint density at radius 1 is 1.00 bits per heavy atom. The van der Waals surface area contributed by atoms with Gasteiger partial charge in [0.2, 0.25) is 5.91 Å². The van der Waals surface area contributed by atoms with Gasteiger partial charge in [0.05, 0.1) is 19.2 Å². The van der Waals surface area contributed by atoms with E-state index in [1.165, 1.54) is 29.2 Å². The highest BCUT2D eigenvalue weighted by molar-refractivity contribution is 6.30. The van der Waals surface area contributed by atoms with E-state index < -0.39 is 29.7 Å². The molecule has 9 heteroatoms. The van der Waals surface area contributed by atoms with Crippen molar-refractivity contribution in [3.05, 3.63) is 89.2 Å². The number of amides is 4. The summed E-state index contributed by atoms with van der Waals surface area (Å²) in [6.45, 7) is 0.102. The number of anilines is 2. The summed E-state index contributed by atoms with van der Waals surface area (Å²) in [6.07, 6.45) is -0.249. The highest BCUT2D eigenvalue weighted by atomic mass is 35.5. The number of nitrogens with one attached hydrogen (secondary N) is 1. The first-order valence-corrected chi connectivity index (χ1v) is 10.8. The molecule has 0 radical (unpaired) electrons. The first-order valence-electron chi connectivity index (χ1n) is 10.4. The van der Waals surface area contributed by atoms with E-state index in [4.69, 9.17) is 16.3 Å². The molecule has 1 saturated heterocycles. The van der Waals surface area contributed by atoms with E-state index >= 15 is 0 Å². The first kappa shape index (κ1) is 23.3. The van der Waals surface area contributed by atoms with Crippen molar-refractivity contribution in [2.45, 2.75) is 19.0 Å². The Bertz CT molecular complexity index is 1200. The van der Waals surface area contributed by atoms with Crippen LogP contribution >= 0.6 is 11.6 Å². The summed E-state index contributed by atoms with van der Waals surface area (Å²) < 4.78 is 18.6. The molecule has 1 heterocycles. The quantitative estimate of drug-likeness (QED) is 0.489. The van der Waals surface area contributed by atoms with Crippen molar-refractivity contribution < 1.29 is 23.5 Å². The second-order valence-corrected chi connectivity index (χ2v) is 8.12. The topological polar surface area (TPSA) is 79.0 Å². The standard InChI is InChI=1S/C25H21ClFN3O4/c1-34-21-12-2-16(3-13-21)15-29-22(14-23(31)28-19-8-4-17(26)5-9-19)24(32)30(25(29)33)20-10-6-18(27)7-11-20/h2-13,22H,14-15H2,1H3,(H,28,31)/t22-/m0/s1. The third kappa shape index (κ3) is 5.02. The maximum Gasteiger partial charge on any atom is 0.332 e. The molecule has 1 aliphatic rings. The van der Waals surface area contributed by atoms with Gasteiger partial charge < -0.3 is 15.0 Å². The molecule has 7 nitrogen and oxygen atoms in total. The predicted octanol–water partition coefficient (Wildman–Crippen LogP) is 4.85. The molecule has 0 aromatic heterocycles. The lowest BCUT2D eigenvalue weighted by Crippen LogP contribution is -2.37. The fourth-order valence-corrected chi connectivity index (χ4v) is 3.82. The van der Waals surface area contributed by atoms with Crippen molar-refractivity contribution in [1.82, 2.24) is 4.90 Å². The van der Waals surface area contributed by atoms with E-state index in [9.17, 15) is 18.8 Å². The van der Waals surface area contributed by atoms with Gasteiger partial charge in [0, 0.05) is 17.3 Å². The van der Waals surface area contributed by atoms with Crippen molar-refractivity contribution >= 4 is 40.8 Å². The van der Waals surface area contributed by atoms with Gasteiger partial charge in [-0.25, -0.2) is 14.1 Å². The van der Waals surface area contributed by atoms with Crippen LogP contribution in [-0.2, 0) is 16.1 Å². The molecule has 174 valence electrons.